The molecule has 0 spiro atoms. The van der Waals surface area contributed by atoms with E-state index >= 15 is 0 Å². The van der Waals surface area contributed by atoms with Crippen molar-refractivity contribution in [1.29, 1.82) is 0 Å². The van der Waals surface area contributed by atoms with Gasteiger partial charge in [-0.1, -0.05) is 0 Å². The fourth-order valence-corrected chi connectivity index (χ4v) is 4.21. The molecule has 1 N–H and O–H groups in total. The van der Waals surface area contributed by atoms with E-state index in [2.05, 4.69) is 15.3 Å². The number of carbonyl (C=O) groups excluding carboxylic acids is 1. The molecule has 1 fully saturated rings. The van der Waals surface area contributed by atoms with E-state index in [1.807, 2.05) is 0 Å². The molecule has 3 rings (SSSR count). The highest BCUT2D eigenvalue weighted by Gasteiger charge is 2.44. The molecule has 26 heavy (non-hydrogen) atoms. The monoisotopic (exact) mass is 381 g/mol. The lowest BCUT2D eigenvalue weighted by Crippen LogP contribution is -2.52. The number of alkyl halides is 1. The van der Waals surface area contributed by atoms with Crippen molar-refractivity contribution in [3.8, 4) is 0 Å². The zero-order valence-corrected chi connectivity index (χ0v) is 15.1. The number of carbonyl (C=O) groups is 1. The normalized spacial score (nSPS) is 17.8. The van der Waals surface area contributed by atoms with Crippen molar-refractivity contribution in [2.75, 3.05) is 13.1 Å². The van der Waals surface area contributed by atoms with Gasteiger partial charge in [-0.15, -0.1) is 0 Å². The largest absolute Gasteiger partial charge is 0.349 e. The minimum absolute atomic E-state index is 0.0713. The lowest BCUT2D eigenvalue weighted by Gasteiger charge is -2.34. The SMILES string of the molecule is Cn1cnc(S(=O)(=O)N2CCC(F)(C(=O)NCc3ccncc3)CC2)c1. The first kappa shape index (κ1) is 18.5. The molecule has 0 atom stereocenters. The predicted octanol–water partition coefficient (Wildman–Crippen LogP) is 0.624. The van der Waals surface area contributed by atoms with Crippen LogP contribution >= 0.6 is 0 Å². The molecule has 3 heterocycles. The Morgan fingerprint density at radius 3 is 2.54 bits per heavy atom. The standard InChI is InChI=1S/C16H20FN5O3S/c1-21-11-14(20-12-21)26(24,25)22-8-4-16(17,5-9-22)15(23)19-10-13-2-6-18-7-3-13/h2-3,6-7,11-12H,4-5,8-10H2,1H3,(H,19,23). The van der Waals surface area contributed by atoms with E-state index in [-0.39, 0.29) is 37.5 Å². The zero-order chi connectivity index (χ0) is 18.8. The van der Waals surface area contributed by atoms with E-state index in [0.717, 1.165) is 5.56 Å². The van der Waals surface area contributed by atoms with Crippen LogP contribution in [0.25, 0.3) is 0 Å². The second-order valence-electron chi connectivity index (χ2n) is 6.28. The molecule has 2 aromatic rings. The van der Waals surface area contributed by atoms with Gasteiger partial charge in [0.05, 0.1) is 6.33 Å². The first-order chi connectivity index (χ1) is 12.3. The summed E-state index contributed by atoms with van der Waals surface area (Å²) in [6.07, 6.45) is 5.58. The van der Waals surface area contributed by atoms with E-state index in [4.69, 9.17) is 0 Å². The minimum atomic E-state index is -3.78. The Bertz CT molecular complexity index is 876. The second kappa shape index (κ2) is 7.12. The fraction of sp³-hybridized carbons (Fsp3) is 0.438. The summed E-state index contributed by atoms with van der Waals surface area (Å²) in [7, 11) is -2.11. The van der Waals surface area contributed by atoms with Gasteiger partial charge >= 0.3 is 0 Å². The van der Waals surface area contributed by atoms with Crippen molar-refractivity contribution in [1.82, 2.24) is 24.2 Å². The molecule has 1 aliphatic heterocycles. The van der Waals surface area contributed by atoms with Crippen LogP contribution < -0.4 is 5.32 Å². The molecular formula is C16H20FN5O3S. The van der Waals surface area contributed by atoms with Gasteiger partial charge in [0.15, 0.2) is 10.7 Å². The number of aromatic nitrogens is 3. The Kier molecular flexibility index (Phi) is 5.05. The number of amides is 1. The molecule has 0 bridgehead atoms. The summed E-state index contributed by atoms with van der Waals surface area (Å²) in [5, 5.41) is 2.50. The van der Waals surface area contributed by atoms with Crippen LogP contribution in [-0.4, -0.2) is 51.9 Å². The summed E-state index contributed by atoms with van der Waals surface area (Å²) in [5.74, 6) is -0.718. The predicted molar refractivity (Wildman–Crippen MR) is 91.1 cm³/mol. The lowest BCUT2D eigenvalue weighted by molar-refractivity contribution is -0.135. The Hall–Kier alpha value is -2.33. The van der Waals surface area contributed by atoms with Gasteiger partial charge in [-0.3, -0.25) is 9.78 Å². The molecule has 8 nitrogen and oxygen atoms in total. The number of nitrogens with one attached hydrogen (secondary N) is 1. The Balaban J connectivity index is 1.60. The third-order valence-corrected chi connectivity index (χ3v) is 6.19. The van der Waals surface area contributed by atoms with Gasteiger partial charge in [-0.05, 0) is 17.7 Å². The highest BCUT2D eigenvalue weighted by molar-refractivity contribution is 7.89. The molecule has 2 aromatic heterocycles. The Morgan fingerprint density at radius 1 is 1.31 bits per heavy atom. The number of imidazole rings is 1. The molecule has 1 saturated heterocycles. The van der Waals surface area contributed by atoms with Crippen molar-refractivity contribution >= 4 is 15.9 Å². The van der Waals surface area contributed by atoms with Gasteiger partial charge in [-0.25, -0.2) is 17.8 Å². The molecule has 1 aliphatic rings. The van der Waals surface area contributed by atoms with Crippen molar-refractivity contribution in [2.24, 2.45) is 7.05 Å². The Morgan fingerprint density at radius 2 is 1.96 bits per heavy atom. The van der Waals surface area contributed by atoms with Gasteiger partial charge in [0.25, 0.3) is 15.9 Å². The van der Waals surface area contributed by atoms with E-state index in [0.29, 0.717) is 0 Å². The van der Waals surface area contributed by atoms with Crippen molar-refractivity contribution in [3.63, 3.8) is 0 Å². The number of aryl methyl sites for hydroxylation is 1. The van der Waals surface area contributed by atoms with Gasteiger partial charge < -0.3 is 9.88 Å². The third kappa shape index (κ3) is 3.75. The summed E-state index contributed by atoms with van der Waals surface area (Å²) in [6, 6.07) is 3.46. The van der Waals surface area contributed by atoms with Crippen molar-refractivity contribution in [3.05, 3.63) is 42.6 Å². The molecule has 0 radical (unpaired) electrons. The fourth-order valence-electron chi connectivity index (χ4n) is 2.80. The molecule has 1 amide bonds. The lowest BCUT2D eigenvalue weighted by atomic mass is 9.93. The number of pyridine rings is 1. The molecular weight excluding hydrogens is 361 g/mol. The van der Waals surface area contributed by atoms with Crippen LogP contribution in [-0.2, 0) is 28.4 Å². The first-order valence-corrected chi connectivity index (χ1v) is 9.59. The number of halogens is 1. The van der Waals surface area contributed by atoms with Crippen LogP contribution in [0.2, 0.25) is 0 Å². The number of hydrogen-bond donors (Lipinski definition) is 1. The molecule has 140 valence electrons. The average Bonchev–Trinajstić information content (AvgIpc) is 3.08. The second-order valence-corrected chi connectivity index (χ2v) is 8.17. The summed E-state index contributed by atoms with van der Waals surface area (Å²) in [5.41, 5.74) is -1.27. The van der Waals surface area contributed by atoms with E-state index in [9.17, 15) is 17.6 Å². The molecule has 0 aromatic carbocycles. The van der Waals surface area contributed by atoms with Crippen molar-refractivity contribution in [2.45, 2.75) is 30.1 Å². The third-order valence-electron chi connectivity index (χ3n) is 4.41. The number of nitrogens with zero attached hydrogens (tertiary/aromatic N) is 4. The van der Waals surface area contributed by atoms with Gasteiger partial charge in [0.2, 0.25) is 0 Å². The maximum atomic E-state index is 15.0. The molecule has 0 saturated carbocycles. The quantitative estimate of drug-likeness (QED) is 0.819. The molecule has 0 aliphatic carbocycles. The van der Waals surface area contributed by atoms with Gasteiger partial charge in [-0.2, -0.15) is 4.31 Å². The molecule has 0 unspecified atom stereocenters. The maximum absolute atomic E-state index is 15.0. The van der Waals surface area contributed by atoms with E-state index < -0.39 is 21.6 Å². The number of rotatable bonds is 5. The summed E-state index contributed by atoms with van der Waals surface area (Å²) >= 11 is 0. The first-order valence-electron chi connectivity index (χ1n) is 8.15. The summed E-state index contributed by atoms with van der Waals surface area (Å²) in [4.78, 5) is 20.0. The number of sulfonamides is 1. The van der Waals surface area contributed by atoms with Crippen LogP contribution in [0.1, 0.15) is 18.4 Å². The average molecular weight is 381 g/mol. The minimum Gasteiger partial charge on any atom is -0.349 e. The topological polar surface area (TPSA) is 97.2 Å². The van der Waals surface area contributed by atoms with Gasteiger partial charge in [0.1, 0.15) is 0 Å². The number of piperidine rings is 1. The maximum Gasteiger partial charge on any atom is 0.262 e. The van der Waals surface area contributed by atoms with Crippen LogP contribution in [0.4, 0.5) is 4.39 Å². The van der Waals surface area contributed by atoms with Crippen LogP contribution in [0.5, 0.6) is 0 Å². The van der Waals surface area contributed by atoms with E-state index in [1.165, 1.54) is 21.4 Å². The Labute approximate surface area is 151 Å². The summed E-state index contributed by atoms with van der Waals surface area (Å²) < 4.78 is 42.7. The summed E-state index contributed by atoms with van der Waals surface area (Å²) in [6.45, 7) is 0.0547. The smallest absolute Gasteiger partial charge is 0.262 e. The van der Waals surface area contributed by atoms with E-state index in [1.54, 1.807) is 31.6 Å². The zero-order valence-electron chi connectivity index (χ0n) is 14.3. The van der Waals surface area contributed by atoms with Crippen LogP contribution in [0.15, 0.2) is 42.1 Å². The highest BCUT2D eigenvalue weighted by atomic mass is 32.2. The number of hydrogen-bond acceptors (Lipinski definition) is 5. The van der Waals surface area contributed by atoms with Crippen molar-refractivity contribution < 1.29 is 17.6 Å². The van der Waals surface area contributed by atoms with Crippen LogP contribution in [0, 0.1) is 0 Å². The van der Waals surface area contributed by atoms with Gasteiger partial charge in [0, 0.05) is 58.1 Å². The molecule has 10 heteroatoms. The highest BCUT2D eigenvalue weighted by Crippen LogP contribution is 2.29. The van der Waals surface area contributed by atoms with Crippen LogP contribution in [0.3, 0.4) is 0 Å².